The minimum atomic E-state index is 0.879. The fraction of sp³-hybridized carbons (Fsp3) is 0.333. The molecule has 0 aliphatic heterocycles. The molecule has 0 saturated carbocycles. The monoisotopic (exact) mass is 258 g/mol. The topological polar surface area (TPSA) is 9.23 Å². The van der Waals surface area contributed by atoms with Gasteiger partial charge in [0, 0.05) is 0 Å². The lowest BCUT2D eigenvalue weighted by Gasteiger charge is -2.08. The molecule has 0 heterocycles. The maximum Gasteiger partial charge on any atom is 0.130 e. The molecular weight excluding hydrogens is 232 g/mol. The van der Waals surface area contributed by atoms with Crippen molar-refractivity contribution in [3.05, 3.63) is 59.7 Å². The maximum atomic E-state index is 5.76. The second kappa shape index (κ2) is 10.2. The molecule has 0 atom stereocenters. The smallest absolute Gasteiger partial charge is 0.130 e. The highest BCUT2D eigenvalue weighted by Crippen LogP contribution is 2.25. The second-order valence-electron chi connectivity index (χ2n) is 3.68. The van der Waals surface area contributed by atoms with Crippen LogP contribution in [0.3, 0.4) is 0 Å². The first-order valence-corrected chi connectivity index (χ1v) is 7.06. The molecule has 1 heteroatoms. The standard InChI is InChI=1S/C14H14O.2C2H6/c1-11-8-9-14(12(2)10-11)15-13-6-4-3-5-7-13;2*1-2/h3-10H,1-2H3;2*1-2H3. The Morgan fingerprint density at radius 1 is 0.737 bits per heavy atom. The Hall–Kier alpha value is -1.76. The van der Waals surface area contributed by atoms with E-state index in [1.54, 1.807) is 0 Å². The lowest BCUT2D eigenvalue weighted by molar-refractivity contribution is 0.479. The predicted octanol–water partition coefficient (Wildman–Crippen LogP) is 6.15. The average Bonchev–Trinajstić information content (AvgIpc) is 2.47. The van der Waals surface area contributed by atoms with Crippen LogP contribution in [0.2, 0.25) is 0 Å². The van der Waals surface area contributed by atoms with Gasteiger partial charge in [-0.15, -0.1) is 0 Å². The van der Waals surface area contributed by atoms with Gasteiger partial charge in [-0.05, 0) is 37.6 Å². The zero-order valence-corrected chi connectivity index (χ0v) is 13.0. The van der Waals surface area contributed by atoms with E-state index in [4.69, 9.17) is 4.74 Å². The van der Waals surface area contributed by atoms with Crippen molar-refractivity contribution in [2.75, 3.05) is 0 Å². The van der Waals surface area contributed by atoms with Gasteiger partial charge < -0.3 is 4.74 Å². The largest absolute Gasteiger partial charge is 0.457 e. The number of ether oxygens (including phenoxy) is 1. The normalized spacial score (nSPS) is 8.53. The number of aryl methyl sites for hydroxylation is 2. The van der Waals surface area contributed by atoms with Gasteiger partial charge in [0.2, 0.25) is 0 Å². The second-order valence-corrected chi connectivity index (χ2v) is 3.68. The summed E-state index contributed by atoms with van der Waals surface area (Å²) in [4.78, 5) is 0. The van der Waals surface area contributed by atoms with Gasteiger partial charge in [-0.1, -0.05) is 63.6 Å². The molecule has 0 aliphatic rings. The lowest BCUT2D eigenvalue weighted by Crippen LogP contribution is -1.87. The van der Waals surface area contributed by atoms with E-state index >= 15 is 0 Å². The summed E-state index contributed by atoms with van der Waals surface area (Å²) in [6, 6.07) is 16.0. The van der Waals surface area contributed by atoms with Crippen molar-refractivity contribution in [2.45, 2.75) is 41.5 Å². The van der Waals surface area contributed by atoms with Gasteiger partial charge in [0.05, 0.1) is 0 Å². The summed E-state index contributed by atoms with van der Waals surface area (Å²) in [5, 5.41) is 0. The molecule has 2 aromatic carbocycles. The van der Waals surface area contributed by atoms with E-state index < -0.39 is 0 Å². The van der Waals surface area contributed by atoms with Crippen LogP contribution in [0.5, 0.6) is 11.5 Å². The molecule has 0 aliphatic carbocycles. The minimum absolute atomic E-state index is 0.879. The summed E-state index contributed by atoms with van der Waals surface area (Å²) in [6.07, 6.45) is 0. The van der Waals surface area contributed by atoms with Gasteiger partial charge in [-0.25, -0.2) is 0 Å². The molecule has 0 spiro atoms. The maximum absolute atomic E-state index is 5.76. The fourth-order valence-electron chi connectivity index (χ4n) is 1.53. The molecule has 0 bridgehead atoms. The zero-order chi connectivity index (χ0) is 14.7. The van der Waals surface area contributed by atoms with Crippen LogP contribution in [0.1, 0.15) is 38.8 Å². The highest BCUT2D eigenvalue weighted by molar-refractivity contribution is 5.39. The van der Waals surface area contributed by atoms with Gasteiger partial charge >= 0.3 is 0 Å². The molecule has 2 aromatic rings. The van der Waals surface area contributed by atoms with E-state index in [1.165, 1.54) is 11.1 Å². The minimum Gasteiger partial charge on any atom is -0.457 e. The number of hydrogen-bond donors (Lipinski definition) is 0. The lowest BCUT2D eigenvalue weighted by atomic mass is 10.1. The van der Waals surface area contributed by atoms with Crippen LogP contribution in [-0.2, 0) is 0 Å². The van der Waals surface area contributed by atoms with Crippen molar-refractivity contribution in [3.8, 4) is 11.5 Å². The van der Waals surface area contributed by atoms with Crippen molar-refractivity contribution >= 4 is 0 Å². The number of rotatable bonds is 2. The van der Waals surface area contributed by atoms with E-state index in [1.807, 2.05) is 64.1 Å². The number of hydrogen-bond acceptors (Lipinski definition) is 1. The molecule has 0 amide bonds. The molecular formula is C18H26O. The van der Waals surface area contributed by atoms with Crippen LogP contribution in [0.25, 0.3) is 0 Å². The Bertz CT molecular complexity index is 447. The molecule has 0 saturated heterocycles. The molecule has 19 heavy (non-hydrogen) atoms. The number of para-hydroxylation sites is 1. The summed E-state index contributed by atoms with van der Waals surface area (Å²) in [7, 11) is 0. The summed E-state index contributed by atoms with van der Waals surface area (Å²) >= 11 is 0. The van der Waals surface area contributed by atoms with Crippen LogP contribution >= 0.6 is 0 Å². The first-order chi connectivity index (χ1) is 9.25. The van der Waals surface area contributed by atoms with Crippen LogP contribution in [0, 0.1) is 13.8 Å². The molecule has 0 N–H and O–H groups in total. The van der Waals surface area contributed by atoms with Crippen molar-refractivity contribution in [1.82, 2.24) is 0 Å². The quantitative estimate of drug-likeness (QED) is 0.628. The molecule has 104 valence electrons. The van der Waals surface area contributed by atoms with Crippen molar-refractivity contribution in [3.63, 3.8) is 0 Å². The third-order valence-corrected chi connectivity index (χ3v) is 2.30. The highest BCUT2D eigenvalue weighted by Gasteiger charge is 2.00. The Morgan fingerprint density at radius 2 is 1.32 bits per heavy atom. The predicted molar refractivity (Wildman–Crippen MR) is 85.1 cm³/mol. The Kier molecular flexibility index (Phi) is 9.25. The molecule has 0 radical (unpaired) electrons. The fourth-order valence-corrected chi connectivity index (χ4v) is 1.53. The zero-order valence-electron chi connectivity index (χ0n) is 13.0. The molecule has 0 aromatic heterocycles. The third-order valence-electron chi connectivity index (χ3n) is 2.30. The van der Waals surface area contributed by atoms with Crippen LogP contribution < -0.4 is 4.74 Å². The molecule has 1 nitrogen and oxygen atoms in total. The average molecular weight is 258 g/mol. The summed E-state index contributed by atoms with van der Waals surface area (Å²) in [6.45, 7) is 12.1. The summed E-state index contributed by atoms with van der Waals surface area (Å²) in [5.74, 6) is 1.80. The van der Waals surface area contributed by atoms with Crippen molar-refractivity contribution in [2.24, 2.45) is 0 Å². The Labute approximate surface area is 118 Å². The van der Waals surface area contributed by atoms with E-state index in [0.717, 1.165) is 11.5 Å². The van der Waals surface area contributed by atoms with Crippen LogP contribution in [0.15, 0.2) is 48.5 Å². The van der Waals surface area contributed by atoms with E-state index in [2.05, 4.69) is 26.0 Å². The van der Waals surface area contributed by atoms with Gasteiger partial charge in [0.1, 0.15) is 11.5 Å². The van der Waals surface area contributed by atoms with Crippen molar-refractivity contribution < 1.29 is 4.74 Å². The Morgan fingerprint density at radius 3 is 1.84 bits per heavy atom. The van der Waals surface area contributed by atoms with Gasteiger partial charge in [0.15, 0.2) is 0 Å². The van der Waals surface area contributed by atoms with Gasteiger partial charge in [-0.2, -0.15) is 0 Å². The molecule has 2 rings (SSSR count). The van der Waals surface area contributed by atoms with E-state index in [-0.39, 0.29) is 0 Å². The van der Waals surface area contributed by atoms with Crippen LogP contribution in [-0.4, -0.2) is 0 Å². The first-order valence-electron chi connectivity index (χ1n) is 7.06. The molecule has 0 fully saturated rings. The van der Waals surface area contributed by atoms with Gasteiger partial charge in [0.25, 0.3) is 0 Å². The summed E-state index contributed by atoms with van der Waals surface area (Å²) in [5.41, 5.74) is 2.42. The van der Waals surface area contributed by atoms with Crippen molar-refractivity contribution in [1.29, 1.82) is 0 Å². The SMILES string of the molecule is CC.CC.Cc1ccc(Oc2ccccc2)c(C)c1. The number of benzene rings is 2. The third kappa shape index (κ3) is 6.10. The summed E-state index contributed by atoms with van der Waals surface area (Å²) < 4.78 is 5.76. The first kappa shape index (κ1) is 17.2. The highest BCUT2D eigenvalue weighted by atomic mass is 16.5. The van der Waals surface area contributed by atoms with E-state index in [0.29, 0.717) is 0 Å². The Balaban J connectivity index is 0.000000741. The molecule has 0 unspecified atom stereocenters. The van der Waals surface area contributed by atoms with Crippen LogP contribution in [0.4, 0.5) is 0 Å². The van der Waals surface area contributed by atoms with Gasteiger partial charge in [-0.3, -0.25) is 0 Å². The van der Waals surface area contributed by atoms with E-state index in [9.17, 15) is 0 Å².